The number of halogens is 1. The van der Waals surface area contributed by atoms with Crippen molar-refractivity contribution in [2.75, 3.05) is 6.61 Å². The van der Waals surface area contributed by atoms with Gasteiger partial charge in [0, 0.05) is 17.5 Å². The average Bonchev–Trinajstić information content (AvgIpc) is 2.80. The number of benzene rings is 1. The van der Waals surface area contributed by atoms with Crippen molar-refractivity contribution in [3.63, 3.8) is 0 Å². The predicted molar refractivity (Wildman–Crippen MR) is 76.5 cm³/mol. The average molecular weight is 274 g/mol. The van der Waals surface area contributed by atoms with Gasteiger partial charge < -0.3 is 4.74 Å². The number of hydrogen-bond donors (Lipinski definition) is 0. The van der Waals surface area contributed by atoms with Crippen LogP contribution in [0.1, 0.15) is 44.7 Å². The molecule has 4 heteroatoms. The third-order valence-electron chi connectivity index (χ3n) is 3.80. The minimum absolute atomic E-state index is 0.235. The third-order valence-corrected chi connectivity index (χ3v) is 3.80. The lowest BCUT2D eigenvalue weighted by Crippen LogP contribution is -2.19. The molecule has 2 heterocycles. The van der Waals surface area contributed by atoms with Crippen molar-refractivity contribution in [2.45, 2.75) is 39.2 Å². The molecule has 20 heavy (non-hydrogen) atoms. The molecule has 1 atom stereocenters. The molecule has 0 saturated carbocycles. The second kappa shape index (κ2) is 4.93. The minimum atomic E-state index is -0.238. The molecule has 1 aromatic heterocycles. The van der Waals surface area contributed by atoms with Gasteiger partial charge >= 0.3 is 0 Å². The van der Waals surface area contributed by atoms with Crippen molar-refractivity contribution in [3.05, 3.63) is 35.6 Å². The summed E-state index contributed by atoms with van der Waals surface area (Å²) in [6.07, 6.45) is 0.933. The molecule has 2 aromatic rings. The van der Waals surface area contributed by atoms with Gasteiger partial charge in [-0.25, -0.2) is 9.07 Å². The molecule has 0 radical (unpaired) electrons. The van der Waals surface area contributed by atoms with E-state index < -0.39 is 0 Å². The molecule has 106 valence electrons. The van der Waals surface area contributed by atoms with E-state index in [1.807, 2.05) is 10.7 Å². The maximum Gasteiger partial charge on any atom is 0.216 e. The molecule has 1 aliphatic heterocycles. The molecule has 0 saturated heterocycles. The highest BCUT2D eigenvalue weighted by atomic mass is 19.1. The molecular formula is C16H19FN2O. The Morgan fingerprint density at radius 2 is 2.10 bits per heavy atom. The van der Waals surface area contributed by atoms with Gasteiger partial charge in [-0.2, -0.15) is 5.10 Å². The molecule has 3 nitrogen and oxygen atoms in total. The van der Waals surface area contributed by atoms with Crippen LogP contribution in [0.2, 0.25) is 0 Å². The van der Waals surface area contributed by atoms with Crippen LogP contribution >= 0.6 is 0 Å². The highest BCUT2D eigenvalue weighted by Crippen LogP contribution is 2.40. The van der Waals surface area contributed by atoms with E-state index in [1.54, 1.807) is 12.1 Å². The maximum absolute atomic E-state index is 14.1. The molecule has 1 unspecified atom stereocenters. The number of fused-ring (bicyclic) bond motifs is 1. The zero-order valence-corrected chi connectivity index (χ0v) is 12.1. The fourth-order valence-electron chi connectivity index (χ4n) is 2.70. The maximum atomic E-state index is 14.1. The Bertz CT molecular complexity index is 633. The lowest BCUT2D eigenvalue weighted by atomic mass is 9.98. The van der Waals surface area contributed by atoms with Crippen molar-refractivity contribution in [3.8, 4) is 17.1 Å². The summed E-state index contributed by atoms with van der Waals surface area (Å²) in [7, 11) is 0. The van der Waals surface area contributed by atoms with Crippen LogP contribution in [0.5, 0.6) is 5.88 Å². The summed E-state index contributed by atoms with van der Waals surface area (Å²) in [5.74, 6) is 0.799. The Labute approximate surface area is 118 Å². The monoisotopic (exact) mass is 274 g/mol. The Hall–Kier alpha value is -1.84. The highest BCUT2D eigenvalue weighted by molar-refractivity contribution is 5.67. The zero-order valence-electron chi connectivity index (χ0n) is 12.1. The SMILES string of the molecule is CC(C)c1c(-c2ccccc2F)nn2c1OCCC2C. The Morgan fingerprint density at radius 3 is 2.80 bits per heavy atom. The van der Waals surface area contributed by atoms with Gasteiger partial charge in [0.05, 0.1) is 12.6 Å². The van der Waals surface area contributed by atoms with Crippen molar-refractivity contribution in [1.82, 2.24) is 9.78 Å². The molecule has 0 bridgehead atoms. The number of ether oxygens (including phenoxy) is 1. The first-order valence-electron chi connectivity index (χ1n) is 7.09. The highest BCUT2D eigenvalue weighted by Gasteiger charge is 2.28. The van der Waals surface area contributed by atoms with Crippen molar-refractivity contribution in [1.29, 1.82) is 0 Å². The van der Waals surface area contributed by atoms with E-state index in [0.717, 1.165) is 17.9 Å². The van der Waals surface area contributed by atoms with E-state index in [1.165, 1.54) is 6.07 Å². The number of aromatic nitrogens is 2. The Kier molecular flexibility index (Phi) is 3.24. The molecule has 3 rings (SSSR count). The summed E-state index contributed by atoms with van der Waals surface area (Å²) >= 11 is 0. The first-order chi connectivity index (χ1) is 9.59. The third kappa shape index (κ3) is 1.99. The Morgan fingerprint density at radius 1 is 1.35 bits per heavy atom. The van der Waals surface area contributed by atoms with E-state index >= 15 is 0 Å². The summed E-state index contributed by atoms with van der Waals surface area (Å²) in [6, 6.07) is 7.08. The van der Waals surface area contributed by atoms with Crippen molar-refractivity contribution >= 4 is 0 Å². The lowest BCUT2D eigenvalue weighted by molar-refractivity contribution is 0.198. The summed E-state index contributed by atoms with van der Waals surface area (Å²) in [5, 5.41) is 4.64. The summed E-state index contributed by atoms with van der Waals surface area (Å²) in [4.78, 5) is 0. The molecule has 0 N–H and O–H groups in total. The number of rotatable bonds is 2. The van der Waals surface area contributed by atoms with E-state index in [9.17, 15) is 4.39 Å². The first-order valence-corrected chi connectivity index (χ1v) is 7.09. The normalized spacial score (nSPS) is 17.9. The molecule has 0 aliphatic carbocycles. The fraction of sp³-hybridized carbons (Fsp3) is 0.438. The molecular weight excluding hydrogens is 255 g/mol. The van der Waals surface area contributed by atoms with Crippen molar-refractivity contribution < 1.29 is 9.13 Å². The van der Waals surface area contributed by atoms with E-state index in [-0.39, 0.29) is 17.8 Å². The predicted octanol–water partition coefficient (Wildman–Crippen LogP) is 4.16. The second-order valence-corrected chi connectivity index (χ2v) is 5.63. The van der Waals surface area contributed by atoms with Gasteiger partial charge in [-0.05, 0) is 25.0 Å². The largest absolute Gasteiger partial charge is 0.478 e. The van der Waals surface area contributed by atoms with Gasteiger partial charge in [0.15, 0.2) is 0 Å². The van der Waals surface area contributed by atoms with Crippen molar-refractivity contribution in [2.24, 2.45) is 0 Å². The molecule has 0 fully saturated rings. The topological polar surface area (TPSA) is 27.1 Å². The first kappa shape index (κ1) is 13.2. The molecule has 0 amide bonds. The van der Waals surface area contributed by atoms with Gasteiger partial charge in [-0.3, -0.25) is 0 Å². The summed E-state index contributed by atoms with van der Waals surface area (Å²) in [6.45, 7) is 6.99. The van der Waals surface area contributed by atoms with Crippen LogP contribution in [0.25, 0.3) is 11.3 Å². The van der Waals surface area contributed by atoms with Crippen LogP contribution in [0.4, 0.5) is 4.39 Å². The number of hydrogen-bond acceptors (Lipinski definition) is 2. The van der Waals surface area contributed by atoms with Crippen LogP contribution in [0, 0.1) is 5.82 Å². The number of nitrogens with zero attached hydrogens (tertiary/aromatic N) is 2. The van der Waals surface area contributed by atoms with E-state index in [4.69, 9.17) is 4.74 Å². The van der Waals surface area contributed by atoms with Crippen LogP contribution in [0.3, 0.4) is 0 Å². The quantitative estimate of drug-likeness (QED) is 0.822. The van der Waals surface area contributed by atoms with Gasteiger partial charge in [-0.1, -0.05) is 26.0 Å². The standard InChI is InChI=1S/C16H19FN2O/c1-10(2)14-15(12-6-4-5-7-13(12)17)18-19-11(3)8-9-20-16(14)19/h4-7,10-11H,8-9H2,1-3H3. The summed E-state index contributed by atoms with van der Waals surface area (Å²) < 4.78 is 21.8. The van der Waals surface area contributed by atoms with Crippen LogP contribution < -0.4 is 4.74 Å². The van der Waals surface area contributed by atoms with Gasteiger partial charge in [0.25, 0.3) is 0 Å². The fourth-order valence-corrected chi connectivity index (χ4v) is 2.70. The van der Waals surface area contributed by atoms with E-state index in [2.05, 4.69) is 25.9 Å². The van der Waals surface area contributed by atoms with Crippen LogP contribution in [-0.4, -0.2) is 16.4 Å². The van der Waals surface area contributed by atoms with Crippen LogP contribution in [-0.2, 0) is 0 Å². The zero-order chi connectivity index (χ0) is 14.3. The smallest absolute Gasteiger partial charge is 0.216 e. The van der Waals surface area contributed by atoms with Gasteiger partial charge in [0.2, 0.25) is 5.88 Å². The minimum Gasteiger partial charge on any atom is -0.478 e. The van der Waals surface area contributed by atoms with Crippen LogP contribution in [0.15, 0.2) is 24.3 Å². The lowest BCUT2D eigenvalue weighted by Gasteiger charge is -2.22. The second-order valence-electron chi connectivity index (χ2n) is 5.63. The molecule has 1 aliphatic rings. The van der Waals surface area contributed by atoms with Gasteiger partial charge in [0.1, 0.15) is 11.5 Å². The summed E-state index contributed by atoms with van der Waals surface area (Å²) in [5.41, 5.74) is 2.26. The van der Waals surface area contributed by atoms with Gasteiger partial charge in [-0.15, -0.1) is 0 Å². The molecule has 1 aromatic carbocycles. The van der Waals surface area contributed by atoms with E-state index in [0.29, 0.717) is 17.9 Å². The Balaban J connectivity index is 2.23. The molecule has 0 spiro atoms.